The van der Waals surface area contributed by atoms with Gasteiger partial charge in [-0.3, -0.25) is 9.59 Å². The van der Waals surface area contributed by atoms with Crippen molar-refractivity contribution < 1.29 is 19.1 Å². The van der Waals surface area contributed by atoms with E-state index in [1.54, 1.807) is 0 Å². The van der Waals surface area contributed by atoms with Crippen molar-refractivity contribution in [2.75, 3.05) is 6.61 Å². The quantitative estimate of drug-likeness (QED) is 0.441. The van der Waals surface area contributed by atoms with Gasteiger partial charge in [0.25, 0.3) is 0 Å². The summed E-state index contributed by atoms with van der Waals surface area (Å²) in [6, 6.07) is -0.981. The topological polar surface area (TPSA) is 98.5 Å². The summed E-state index contributed by atoms with van der Waals surface area (Å²) in [7, 11) is 0. The van der Waals surface area contributed by atoms with Gasteiger partial charge in [0.05, 0.1) is 13.0 Å². The Labute approximate surface area is 120 Å². The molecule has 0 aromatic rings. The molecule has 0 saturated carbocycles. The molecule has 0 saturated heterocycles. The predicted molar refractivity (Wildman–Crippen MR) is 75.8 cm³/mol. The monoisotopic (exact) mass is 286 g/mol. The molecule has 20 heavy (non-hydrogen) atoms. The number of nitrogens with one attached hydrogen (secondary N) is 1. The summed E-state index contributed by atoms with van der Waals surface area (Å²) in [5.41, 5.74) is 5.03. The summed E-state index contributed by atoms with van der Waals surface area (Å²) in [5, 5.41) is 2.37. The average molecular weight is 286 g/mol. The first-order chi connectivity index (χ1) is 9.47. The van der Waals surface area contributed by atoms with Gasteiger partial charge in [0.1, 0.15) is 6.04 Å². The number of carbonyl (C=O) groups excluding carboxylic acids is 3. The number of primary amides is 1. The predicted octanol–water partition coefficient (Wildman–Crippen LogP) is 1.27. The van der Waals surface area contributed by atoms with Gasteiger partial charge in [-0.15, -0.1) is 0 Å². The first-order valence-electron chi connectivity index (χ1n) is 7.19. The molecule has 0 aromatic carbocycles. The lowest BCUT2D eigenvalue weighted by atomic mass is 10.1. The van der Waals surface area contributed by atoms with E-state index >= 15 is 0 Å². The molecule has 0 bridgehead atoms. The van der Waals surface area contributed by atoms with Crippen LogP contribution in [-0.4, -0.2) is 30.4 Å². The maximum Gasteiger partial charge on any atom is 0.329 e. The van der Waals surface area contributed by atoms with Crippen LogP contribution in [0.3, 0.4) is 0 Å². The largest absolute Gasteiger partial charge is 0.464 e. The Morgan fingerprint density at radius 2 is 1.70 bits per heavy atom. The summed E-state index contributed by atoms with van der Waals surface area (Å²) >= 11 is 0. The zero-order chi connectivity index (χ0) is 15.4. The zero-order valence-electron chi connectivity index (χ0n) is 12.4. The lowest BCUT2D eigenvalue weighted by Gasteiger charge is -2.15. The van der Waals surface area contributed by atoms with Gasteiger partial charge in [0.2, 0.25) is 11.8 Å². The number of nitrogens with two attached hydrogens (primary N) is 1. The number of unbranched alkanes of at least 4 members (excludes halogenated alkanes) is 5. The maximum absolute atomic E-state index is 11.7. The molecule has 3 N–H and O–H groups in total. The molecule has 0 spiro atoms. The fourth-order valence-corrected chi connectivity index (χ4v) is 1.80. The van der Waals surface area contributed by atoms with Gasteiger partial charge in [0.15, 0.2) is 0 Å². The minimum atomic E-state index is -0.981. The second-order valence-electron chi connectivity index (χ2n) is 4.86. The smallest absolute Gasteiger partial charge is 0.329 e. The minimum absolute atomic E-state index is 0.241. The molecule has 1 unspecified atom stereocenters. The third-order valence-electron chi connectivity index (χ3n) is 2.81. The Hall–Kier alpha value is -1.59. The van der Waals surface area contributed by atoms with Crippen LogP contribution in [0.15, 0.2) is 0 Å². The minimum Gasteiger partial charge on any atom is -0.464 e. The molecule has 0 heterocycles. The molecular formula is C14H26N2O4. The third kappa shape index (κ3) is 10.3. The lowest BCUT2D eigenvalue weighted by Crippen LogP contribution is -2.43. The number of amides is 2. The van der Waals surface area contributed by atoms with E-state index in [-0.39, 0.29) is 6.42 Å². The van der Waals surface area contributed by atoms with Crippen molar-refractivity contribution in [3.8, 4) is 0 Å². The average Bonchev–Trinajstić information content (AvgIpc) is 2.35. The van der Waals surface area contributed by atoms with Crippen molar-refractivity contribution in [1.82, 2.24) is 5.32 Å². The molecule has 0 aliphatic rings. The number of esters is 1. The molecule has 116 valence electrons. The van der Waals surface area contributed by atoms with Crippen LogP contribution in [0.25, 0.3) is 0 Å². The van der Waals surface area contributed by atoms with E-state index in [1.807, 2.05) is 0 Å². The van der Waals surface area contributed by atoms with Gasteiger partial charge in [0, 0.05) is 6.92 Å². The fraction of sp³-hybridized carbons (Fsp3) is 0.786. The number of hydrogen-bond acceptors (Lipinski definition) is 4. The molecule has 0 fully saturated rings. The second kappa shape index (κ2) is 11.3. The maximum atomic E-state index is 11.7. The fourth-order valence-electron chi connectivity index (χ4n) is 1.80. The molecule has 1 atom stereocenters. The summed E-state index contributed by atoms with van der Waals surface area (Å²) in [5.74, 6) is -1.65. The Morgan fingerprint density at radius 3 is 2.25 bits per heavy atom. The van der Waals surface area contributed by atoms with Gasteiger partial charge >= 0.3 is 5.97 Å². The number of rotatable bonds is 11. The second-order valence-corrected chi connectivity index (χ2v) is 4.86. The molecular weight excluding hydrogens is 260 g/mol. The van der Waals surface area contributed by atoms with E-state index < -0.39 is 23.8 Å². The SMILES string of the molecule is CCCCCCCCOC(=O)C(CC(N)=O)NC(C)=O. The highest BCUT2D eigenvalue weighted by Gasteiger charge is 2.22. The number of carbonyl (C=O) groups is 3. The molecule has 0 radical (unpaired) electrons. The van der Waals surface area contributed by atoms with Gasteiger partial charge in [-0.25, -0.2) is 4.79 Å². The van der Waals surface area contributed by atoms with E-state index in [0.717, 1.165) is 19.3 Å². The van der Waals surface area contributed by atoms with Crippen molar-refractivity contribution in [2.24, 2.45) is 5.73 Å². The van der Waals surface area contributed by atoms with Gasteiger partial charge in [-0.2, -0.15) is 0 Å². The molecule has 2 amide bonds. The van der Waals surface area contributed by atoms with Crippen LogP contribution in [0, 0.1) is 0 Å². The first-order valence-corrected chi connectivity index (χ1v) is 7.19. The normalized spacial score (nSPS) is 11.7. The third-order valence-corrected chi connectivity index (χ3v) is 2.81. The van der Waals surface area contributed by atoms with E-state index in [1.165, 1.54) is 26.2 Å². The van der Waals surface area contributed by atoms with Crippen molar-refractivity contribution >= 4 is 17.8 Å². The van der Waals surface area contributed by atoms with E-state index in [4.69, 9.17) is 10.5 Å². The summed E-state index contributed by atoms with van der Waals surface area (Å²) in [6.07, 6.45) is 6.30. The molecule has 6 heteroatoms. The van der Waals surface area contributed by atoms with Gasteiger partial charge in [-0.1, -0.05) is 39.0 Å². The van der Waals surface area contributed by atoms with Crippen LogP contribution in [-0.2, 0) is 19.1 Å². The van der Waals surface area contributed by atoms with Crippen LogP contribution >= 0.6 is 0 Å². The summed E-state index contributed by atoms with van der Waals surface area (Å²) in [4.78, 5) is 33.5. The Morgan fingerprint density at radius 1 is 1.10 bits per heavy atom. The number of hydrogen-bond donors (Lipinski definition) is 2. The first kappa shape index (κ1) is 18.4. The lowest BCUT2D eigenvalue weighted by molar-refractivity contribution is -0.149. The van der Waals surface area contributed by atoms with E-state index in [2.05, 4.69) is 12.2 Å². The molecule has 0 aliphatic carbocycles. The van der Waals surface area contributed by atoms with Crippen LogP contribution < -0.4 is 11.1 Å². The van der Waals surface area contributed by atoms with Crippen molar-refractivity contribution in [2.45, 2.75) is 64.8 Å². The van der Waals surface area contributed by atoms with Crippen LogP contribution in [0.5, 0.6) is 0 Å². The van der Waals surface area contributed by atoms with E-state index in [0.29, 0.717) is 6.61 Å². The van der Waals surface area contributed by atoms with Crippen LogP contribution in [0.2, 0.25) is 0 Å². The summed E-state index contributed by atoms with van der Waals surface area (Å²) in [6.45, 7) is 3.73. The van der Waals surface area contributed by atoms with Crippen LogP contribution in [0.1, 0.15) is 58.8 Å². The molecule has 0 aromatic heterocycles. The summed E-state index contributed by atoms with van der Waals surface area (Å²) < 4.78 is 5.05. The van der Waals surface area contributed by atoms with Crippen LogP contribution in [0.4, 0.5) is 0 Å². The van der Waals surface area contributed by atoms with Crippen molar-refractivity contribution in [3.05, 3.63) is 0 Å². The van der Waals surface area contributed by atoms with Crippen molar-refractivity contribution in [3.63, 3.8) is 0 Å². The molecule has 6 nitrogen and oxygen atoms in total. The molecule has 0 rings (SSSR count). The van der Waals surface area contributed by atoms with E-state index in [9.17, 15) is 14.4 Å². The highest BCUT2D eigenvalue weighted by Crippen LogP contribution is 2.05. The Bertz CT molecular complexity index is 302. The van der Waals surface area contributed by atoms with Gasteiger partial charge < -0.3 is 15.8 Å². The van der Waals surface area contributed by atoms with Crippen molar-refractivity contribution in [1.29, 1.82) is 0 Å². The Kier molecular flexibility index (Phi) is 10.4. The molecule has 0 aliphatic heterocycles. The highest BCUT2D eigenvalue weighted by atomic mass is 16.5. The Balaban J connectivity index is 3.89. The zero-order valence-corrected chi connectivity index (χ0v) is 12.4. The highest BCUT2D eigenvalue weighted by molar-refractivity contribution is 5.88. The standard InChI is InChI=1S/C14H26N2O4/c1-3-4-5-6-7-8-9-20-14(19)12(10-13(15)18)16-11(2)17/h12H,3-10H2,1-2H3,(H2,15,18)(H,16,17). The number of ether oxygens (including phenoxy) is 1. The van der Waals surface area contributed by atoms with Gasteiger partial charge in [-0.05, 0) is 6.42 Å².